The van der Waals surface area contributed by atoms with Crippen LogP contribution < -0.4 is 9.88 Å². The van der Waals surface area contributed by atoms with E-state index in [1.54, 1.807) is 11.8 Å². The zero-order valence-electron chi connectivity index (χ0n) is 13.1. The molecule has 1 N–H and O–H groups in total. The van der Waals surface area contributed by atoms with Gasteiger partial charge in [-0.25, -0.2) is 0 Å². The topological polar surface area (TPSA) is 15.9 Å². The molecular formula is C20H19N2S+. The molecule has 1 aliphatic heterocycles. The molecule has 0 amide bonds. The van der Waals surface area contributed by atoms with Crippen molar-refractivity contribution in [2.75, 3.05) is 5.32 Å². The number of hydrogen-bond donors (Lipinski definition) is 1. The van der Waals surface area contributed by atoms with Crippen LogP contribution in [0.3, 0.4) is 0 Å². The van der Waals surface area contributed by atoms with Crippen molar-refractivity contribution in [2.24, 2.45) is 0 Å². The van der Waals surface area contributed by atoms with Crippen LogP contribution in [0.5, 0.6) is 0 Å². The molecular weight excluding hydrogens is 300 g/mol. The van der Waals surface area contributed by atoms with E-state index in [-0.39, 0.29) is 0 Å². The van der Waals surface area contributed by atoms with E-state index in [2.05, 4.69) is 83.7 Å². The van der Waals surface area contributed by atoms with Crippen molar-refractivity contribution in [1.29, 1.82) is 0 Å². The summed E-state index contributed by atoms with van der Waals surface area (Å²) in [5, 5.41) is 5.99. The molecule has 3 heteroatoms. The number of para-hydroxylation sites is 2. The van der Waals surface area contributed by atoms with Gasteiger partial charge in [-0.05, 0) is 29.8 Å². The lowest BCUT2D eigenvalue weighted by molar-refractivity contribution is -0.671. The predicted octanol–water partition coefficient (Wildman–Crippen LogP) is 5.05. The van der Waals surface area contributed by atoms with E-state index in [0.717, 1.165) is 13.0 Å². The maximum absolute atomic E-state index is 3.50. The van der Waals surface area contributed by atoms with Crippen LogP contribution in [0.4, 0.5) is 5.69 Å². The van der Waals surface area contributed by atoms with E-state index in [4.69, 9.17) is 0 Å². The highest BCUT2D eigenvalue weighted by Crippen LogP contribution is 2.41. The first kappa shape index (κ1) is 14.3. The summed E-state index contributed by atoms with van der Waals surface area (Å²) < 4.78 is 2.33. The summed E-state index contributed by atoms with van der Waals surface area (Å²) in [7, 11) is 0. The molecule has 114 valence electrons. The second-order valence-electron chi connectivity index (χ2n) is 5.71. The first-order valence-electron chi connectivity index (χ1n) is 8.02. The summed E-state index contributed by atoms with van der Waals surface area (Å²) in [6, 6.07) is 19.3. The van der Waals surface area contributed by atoms with Crippen LogP contribution in [-0.4, -0.2) is 0 Å². The molecule has 0 fully saturated rings. The largest absolute Gasteiger partial charge is 0.349 e. The zero-order chi connectivity index (χ0) is 15.6. The Balaban J connectivity index is 1.76. The minimum atomic E-state index is 1.05. The fourth-order valence-corrected chi connectivity index (χ4v) is 3.97. The normalized spacial score (nSPS) is 14.9. The fraction of sp³-hybridized carbons (Fsp3) is 0.150. The van der Waals surface area contributed by atoms with Crippen LogP contribution in [0.2, 0.25) is 0 Å². The van der Waals surface area contributed by atoms with Crippen LogP contribution >= 0.6 is 11.8 Å². The van der Waals surface area contributed by atoms with E-state index in [1.807, 2.05) is 0 Å². The maximum atomic E-state index is 3.50. The van der Waals surface area contributed by atoms with E-state index in [0.29, 0.717) is 0 Å². The third kappa shape index (κ3) is 2.73. The van der Waals surface area contributed by atoms with E-state index >= 15 is 0 Å². The van der Waals surface area contributed by atoms with Crippen molar-refractivity contribution in [3.05, 3.63) is 71.4 Å². The van der Waals surface area contributed by atoms with Crippen molar-refractivity contribution < 1.29 is 4.57 Å². The highest BCUT2D eigenvalue weighted by atomic mass is 32.2. The van der Waals surface area contributed by atoms with Gasteiger partial charge in [-0.15, -0.1) is 0 Å². The van der Waals surface area contributed by atoms with Gasteiger partial charge in [0.05, 0.1) is 16.1 Å². The molecule has 4 rings (SSSR count). The Morgan fingerprint density at radius 2 is 1.87 bits per heavy atom. The lowest BCUT2D eigenvalue weighted by Crippen LogP contribution is -2.33. The lowest BCUT2D eigenvalue weighted by atomic mass is 10.1. The van der Waals surface area contributed by atoms with Crippen LogP contribution in [-0.2, 0) is 6.54 Å². The number of benzene rings is 2. The van der Waals surface area contributed by atoms with Gasteiger partial charge in [0.15, 0.2) is 6.20 Å². The number of rotatable bonds is 3. The van der Waals surface area contributed by atoms with Crippen molar-refractivity contribution in [3.63, 3.8) is 0 Å². The second-order valence-corrected chi connectivity index (χ2v) is 6.80. The molecule has 1 aromatic heterocycles. The Hall–Kier alpha value is -2.26. The van der Waals surface area contributed by atoms with Gasteiger partial charge >= 0.3 is 0 Å². The number of aryl methyl sites for hydroxylation is 1. The van der Waals surface area contributed by atoms with Crippen molar-refractivity contribution in [3.8, 4) is 0 Å². The molecule has 3 aromatic rings. The average Bonchev–Trinajstić information content (AvgIpc) is 2.99. The smallest absolute Gasteiger partial charge is 0.213 e. The number of fused-ring (bicyclic) bond motifs is 2. The number of nitrogens with one attached hydrogen (secondary N) is 1. The first-order valence-corrected chi connectivity index (χ1v) is 8.83. The van der Waals surface area contributed by atoms with Crippen molar-refractivity contribution >= 4 is 34.4 Å². The van der Waals surface area contributed by atoms with Crippen molar-refractivity contribution in [1.82, 2.24) is 0 Å². The Labute approximate surface area is 140 Å². The standard InChI is InChI=1S/C20H18N2S/c1-2-12-22-13-11-15(16-7-3-5-9-18(16)22)14-20-21-17-8-4-6-10-19(17)23-20/h3-11,13-14H,2,12H2,1H3/p+1. The molecule has 0 atom stereocenters. The average molecular weight is 319 g/mol. The first-order chi connectivity index (χ1) is 11.3. The molecule has 0 bridgehead atoms. The van der Waals surface area contributed by atoms with Gasteiger partial charge in [0.25, 0.3) is 0 Å². The summed E-state index contributed by atoms with van der Waals surface area (Å²) >= 11 is 1.80. The SMILES string of the molecule is CCC[n+]1ccc(/C=C2\Nc3ccccc3S2)c2ccccc21. The molecule has 2 heterocycles. The van der Waals surface area contributed by atoms with Gasteiger partial charge in [0, 0.05) is 23.4 Å². The Kier molecular flexibility index (Phi) is 3.80. The number of nitrogens with zero attached hydrogens (tertiary/aromatic N) is 1. The molecule has 2 aromatic carbocycles. The highest BCUT2D eigenvalue weighted by Gasteiger charge is 2.16. The van der Waals surface area contributed by atoms with Crippen LogP contribution in [0.1, 0.15) is 18.9 Å². The molecule has 0 aliphatic carbocycles. The number of pyridine rings is 1. The molecule has 0 spiro atoms. The van der Waals surface area contributed by atoms with Gasteiger partial charge in [-0.2, -0.15) is 4.57 Å². The monoisotopic (exact) mass is 319 g/mol. The molecule has 0 unspecified atom stereocenters. The van der Waals surface area contributed by atoms with Crippen molar-refractivity contribution in [2.45, 2.75) is 24.8 Å². The number of hydrogen-bond acceptors (Lipinski definition) is 2. The molecule has 2 nitrogen and oxygen atoms in total. The van der Waals surface area contributed by atoms with Gasteiger partial charge in [-0.3, -0.25) is 0 Å². The van der Waals surface area contributed by atoms with Gasteiger partial charge in [0.1, 0.15) is 6.54 Å². The Morgan fingerprint density at radius 3 is 2.74 bits per heavy atom. The number of anilines is 1. The minimum absolute atomic E-state index is 1.05. The summed E-state index contributed by atoms with van der Waals surface area (Å²) in [6.45, 7) is 3.27. The van der Waals surface area contributed by atoms with Gasteiger partial charge < -0.3 is 5.32 Å². The third-order valence-electron chi connectivity index (χ3n) is 4.07. The minimum Gasteiger partial charge on any atom is -0.349 e. The Morgan fingerprint density at radius 1 is 1.04 bits per heavy atom. The maximum Gasteiger partial charge on any atom is 0.213 e. The van der Waals surface area contributed by atoms with Crippen LogP contribution in [0, 0.1) is 0 Å². The summed E-state index contributed by atoms with van der Waals surface area (Å²) in [6.07, 6.45) is 5.59. The predicted molar refractivity (Wildman–Crippen MR) is 98.3 cm³/mol. The number of thioether (sulfide) groups is 1. The van der Waals surface area contributed by atoms with Crippen LogP contribution in [0.15, 0.2) is 70.7 Å². The summed E-state index contributed by atoms with van der Waals surface area (Å²) in [5.41, 5.74) is 3.75. The Bertz CT molecular complexity index is 872. The molecule has 0 saturated carbocycles. The molecule has 23 heavy (non-hydrogen) atoms. The second kappa shape index (κ2) is 6.09. The van der Waals surface area contributed by atoms with Gasteiger partial charge in [-0.1, -0.05) is 43.0 Å². The molecule has 0 radical (unpaired) electrons. The van der Waals surface area contributed by atoms with Gasteiger partial charge in [0.2, 0.25) is 5.52 Å². The zero-order valence-corrected chi connectivity index (χ0v) is 13.9. The van der Waals surface area contributed by atoms with E-state index < -0.39 is 0 Å². The lowest BCUT2D eigenvalue weighted by Gasteiger charge is -2.05. The van der Waals surface area contributed by atoms with E-state index in [1.165, 1.54) is 32.1 Å². The van der Waals surface area contributed by atoms with Crippen LogP contribution in [0.25, 0.3) is 17.0 Å². The third-order valence-corrected chi connectivity index (χ3v) is 5.09. The molecule has 1 aliphatic rings. The number of aromatic nitrogens is 1. The van der Waals surface area contributed by atoms with E-state index in [9.17, 15) is 0 Å². The summed E-state index contributed by atoms with van der Waals surface area (Å²) in [4.78, 5) is 1.29. The highest BCUT2D eigenvalue weighted by molar-refractivity contribution is 8.03. The summed E-state index contributed by atoms with van der Waals surface area (Å²) in [5.74, 6) is 0. The fourth-order valence-electron chi connectivity index (χ4n) is 3.01. The molecule has 0 saturated heterocycles. The quantitative estimate of drug-likeness (QED) is 0.680.